The van der Waals surface area contributed by atoms with E-state index in [1.807, 2.05) is 30.3 Å². The molecule has 0 spiro atoms. The smallest absolute Gasteiger partial charge is 0.323 e. The third-order valence-corrected chi connectivity index (χ3v) is 3.65. The molecule has 0 bridgehead atoms. The van der Waals surface area contributed by atoms with Gasteiger partial charge in [-0.15, -0.1) is 0 Å². The fraction of sp³-hybridized carbons (Fsp3) is 0.125. The number of nitrogens with zero attached hydrogens (tertiary/aromatic N) is 1. The highest BCUT2D eigenvalue weighted by molar-refractivity contribution is 6.08. The lowest BCUT2D eigenvalue weighted by Gasteiger charge is -2.20. The van der Waals surface area contributed by atoms with Crippen LogP contribution >= 0.6 is 0 Å². The number of amidine groups is 1. The average Bonchev–Trinajstić information content (AvgIpc) is 2.83. The number of benzene rings is 2. The van der Waals surface area contributed by atoms with Gasteiger partial charge in [-0.3, -0.25) is 10.6 Å². The zero-order chi connectivity index (χ0) is 14.4. The molecule has 21 heavy (non-hydrogen) atoms. The average molecular weight is 279 g/mol. The number of aryl methyl sites for hydroxylation is 1. The normalized spacial score (nSPS) is 18.8. The molecule has 0 saturated carbocycles. The maximum absolute atomic E-state index is 11.3. The molecule has 2 aromatic rings. The summed E-state index contributed by atoms with van der Waals surface area (Å²) < 4.78 is 5.80. The van der Waals surface area contributed by atoms with Crippen LogP contribution in [0.25, 0.3) is 11.1 Å². The van der Waals surface area contributed by atoms with Crippen molar-refractivity contribution < 1.29 is 9.53 Å². The minimum absolute atomic E-state index is 0.286. The van der Waals surface area contributed by atoms with Crippen LogP contribution in [0.4, 0.5) is 10.5 Å². The topological polar surface area (TPSA) is 62.7 Å². The SMILES string of the molecule is Cc1ccccc1-c1ccc2c(c1)OC1NC(=O)NC1=N2. The molecule has 2 N–H and O–H groups in total. The van der Waals surface area contributed by atoms with Crippen molar-refractivity contribution in [2.24, 2.45) is 4.99 Å². The predicted octanol–water partition coefficient (Wildman–Crippen LogP) is 2.72. The number of carbonyl (C=O) groups excluding carboxylic acids is 1. The first-order chi connectivity index (χ1) is 10.2. The summed E-state index contributed by atoms with van der Waals surface area (Å²) in [4.78, 5) is 15.7. The lowest BCUT2D eigenvalue weighted by molar-refractivity contribution is 0.220. The van der Waals surface area contributed by atoms with E-state index in [0.29, 0.717) is 11.6 Å². The van der Waals surface area contributed by atoms with Crippen LogP contribution in [-0.2, 0) is 0 Å². The quantitative estimate of drug-likeness (QED) is 0.843. The molecule has 2 heterocycles. The maximum atomic E-state index is 11.3. The second-order valence-electron chi connectivity index (χ2n) is 5.09. The Balaban J connectivity index is 1.77. The summed E-state index contributed by atoms with van der Waals surface area (Å²) in [5, 5.41) is 5.29. The van der Waals surface area contributed by atoms with Crippen LogP contribution in [-0.4, -0.2) is 18.1 Å². The first kappa shape index (κ1) is 12.0. The van der Waals surface area contributed by atoms with Gasteiger partial charge in [-0.1, -0.05) is 30.3 Å². The minimum atomic E-state index is -0.517. The van der Waals surface area contributed by atoms with Crippen molar-refractivity contribution in [1.82, 2.24) is 10.6 Å². The standard InChI is InChI=1S/C16H13N3O2/c1-9-4-2-3-5-11(9)10-6-7-12-13(8-10)21-15-14(17-12)18-16(20)19-15/h2-8,15H,1H3,(H2,17,18,19,20). The zero-order valence-electron chi connectivity index (χ0n) is 11.4. The van der Waals surface area contributed by atoms with E-state index in [0.717, 1.165) is 16.8 Å². The molecular formula is C16H13N3O2. The summed E-state index contributed by atoms with van der Waals surface area (Å²) in [5.74, 6) is 1.18. The number of aliphatic imine (C=N–C) groups is 1. The fourth-order valence-electron chi connectivity index (χ4n) is 2.60. The molecule has 1 atom stereocenters. The first-order valence-corrected chi connectivity index (χ1v) is 6.73. The van der Waals surface area contributed by atoms with Crippen LogP contribution in [0.2, 0.25) is 0 Å². The highest BCUT2D eigenvalue weighted by atomic mass is 16.5. The number of fused-ring (bicyclic) bond motifs is 2. The van der Waals surface area contributed by atoms with E-state index < -0.39 is 6.23 Å². The third-order valence-electron chi connectivity index (χ3n) is 3.65. The highest BCUT2D eigenvalue weighted by Crippen LogP contribution is 2.37. The molecule has 0 aromatic heterocycles. The molecule has 1 unspecified atom stereocenters. The van der Waals surface area contributed by atoms with E-state index in [2.05, 4.69) is 34.7 Å². The summed E-state index contributed by atoms with van der Waals surface area (Å²) in [5.41, 5.74) is 4.16. The van der Waals surface area contributed by atoms with Crippen molar-refractivity contribution in [3.63, 3.8) is 0 Å². The van der Waals surface area contributed by atoms with E-state index in [1.54, 1.807) is 0 Å². The molecular weight excluding hydrogens is 266 g/mol. The van der Waals surface area contributed by atoms with Gasteiger partial charge in [0.1, 0.15) is 11.4 Å². The van der Waals surface area contributed by atoms with Gasteiger partial charge in [0.25, 0.3) is 0 Å². The van der Waals surface area contributed by atoms with Gasteiger partial charge in [0.2, 0.25) is 6.23 Å². The maximum Gasteiger partial charge on any atom is 0.323 e. The third kappa shape index (κ3) is 1.94. The van der Waals surface area contributed by atoms with Crippen LogP contribution < -0.4 is 15.4 Å². The van der Waals surface area contributed by atoms with Crippen molar-refractivity contribution >= 4 is 17.6 Å². The number of amides is 2. The molecule has 4 rings (SSSR count). The lowest BCUT2D eigenvalue weighted by atomic mass is 10.00. The number of hydrogen-bond donors (Lipinski definition) is 2. The summed E-state index contributed by atoms with van der Waals surface area (Å²) in [7, 11) is 0. The van der Waals surface area contributed by atoms with Crippen molar-refractivity contribution in [3.05, 3.63) is 48.0 Å². The molecule has 5 heteroatoms. The van der Waals surface area contributed by atoms with Gasteiger partial charge in [0, 0.05) is 0 Å². The van der Waals surface area contributed by atoms with Gasteiger partial charge in [-0.2, -0.15) is 0 Å². The number of hydrogen-bond acceptors (Lipinski definition) is 3. The van der Waals surface area contributed by atoms with Crippen LogP contribution in [0.5, 0.6) is 5.75 Å². The van der Waals surface area contributed by atoms with E-state index in [9.17, 15) is 4.79 Å². The molecule has 1 fully saturated rings. The van der Waals surface area contributed by atoms with E-state index in [1.165, 1.54) is 5.56 Å². The van der Waals surface area contributed by atoms with E-state index in [-0.39, 0.29) is 6.03 Å². The number of carbonyl (C=O) groups is 1. The number of rotatable bonds is 1. The predicted molar refractivity (Wildman–Crippen MR) is 79.8 cm³/mol. The molecule has 2 aliphatic rings. The summed E-state index contributed by atoms with van der Waals surface area (Å²) in [6, 6.07) is 13.8. The Morgan fingerprint density at radius 3 is 2.90 bits per heavy atom. The molecule has 0 aliphatic carbocycles. The highest BCUT2D eigenvalue weighted by Gasteiger charge is 2.33. The number of nitrogens with one attached hydrogen (secondary N) is 2. The lowest BCUT2D eigenvalue weighted by Crippen LogP contribution is -2.36. The Morgan fingerprint density at radius 2 is 2.05 bits per heavy atom. The minimum Gasteiger partial charge on any atom is -0.461 e. The van der Waals surface area contributed by atoms with Crippen molar-refractivity contribution in [2.75, 3.05) is 0 Å². The van der Waals surface area contributed by atoms with Gasteiger partial charge in [0.05, 0.1) is 0 Å². The van der Waals surface area contributed by atoms with E-state index in [4.69, 9.17) is 4.74 Å². The van der Waals surface area contributed by atoms with E-state index >= 15 is 0 Å². The second kappa shape index (κ2) is 4.34. The first-order valence-electron chi connectivity index (χ1n) is 6.73. The Hall–Kier alpha value is -2.82. The van der Waals surface area contributed by atoms with Gasteiger partial charge < -0.3 is 4.74 Å². The largest absolute Gasteiger partial charge is 0.461 e. The van der Waals surface area contributed by atoms with Crippen LogP contribution in [0.15, 0.2) is 47.5 Å². The van der Waals surface area contributed by atoms with Crippen molar-refractivity contribution in [2.45, 2.75) is 13.2 Å². The van der Waals surface area contributed by atoms with Crippen molar-refractivity contribution in [3.8, 4) is 16.9 Å². The fourth-order valence-corrected chi connectivity index (χ4v) is 2.60. The molecule has 0 radical (unpaired) electrons. The monoisotopic (exact) mass is 279 g/mol. The van der Waals surface area contributed by atoms with Gasteiger partial charge in [-0.05, 0) is 35.7 Å². The Bertz CT molecular complexity index is 783. The molecule has 2 amide bonds. The summed E-state index contributed by atoms with van der Waals surface area (Å²) >= 11 is 0. The molecule has 2 aliphatic heterocycles. The van der Waals surface area contributed by atoms with Gasteiger partial charge in [0.15, 0.2) is 5.84 Å². The molecule has 1 saturated heterocycles. The second-order valence-corrected chi connectivity index (χ2v) is 5.09. The Morgan fingerprint density at radius 1 is 1.19 bits per heavy atom. The van der Waals surface area contributed by atoms with Crippen LogP contribution in [0.1, 0.15) is 5.56 Å². The summed E-state index contributed by atoms with van der Waals surface area (Å²) in [6.07, 6.45) is -0.517. The summed E-state index contributed by atoms with van der Waals surface area (Å²) in [6.45, 7) is 2.08. The van der Waals surface area contributed by atoms with Gasteiger partial charge >= 0.3 is 6.03 Å². The molecule has 2 aromatic carbocycles. The zero-order valence-corrected chi connectivity index (χ0v) is 11.4. The van der Waals surface area contributed by atoms with Crippen LogP contribution in [0.3, 0.4) is 0 Å². The van der Waals surface area contributed by atoms with Crippen LogP contribution in [0, 0.1) is 6.92 Å². The number of ether oxygens (including phenoxy) is 1. The van der Waals surface area contributed by atoms with Gasteiger partial charge in [-0.25, -0.2) is 9.79 Å². The molecule has 5 nitrogen and oxygen atoms in total. The Kier molecular flexibility index (Phi) is 2.47. The Labute approximate surface area is 121 Å². The molecule has 104 valence electrons. The van der Waals surface area contributed by atoms with Crippen molar-refractivity contribution in [1.29, 1.82) is 0 Å². The number of urea groups is 1.